The fourth-order valence-corrected chi connectivity index (χ4v) is 3.93. The van der Waals surface area contributed by atoms with Crippen molar-refractivity contribution in [1.82, 2.24) is 0 Å². The van der Waals surface area contributed by atoms with Gasteiger partial charge in [0.1, 0.15) is 5.75 Å². The first-order chi connectivity index (χ1) is 13.8. The number of rotatable bonds is 2. The lowest BCUT2D eigenvalue weighted by molar-refractivity contribution is -0.783. The molecule has 0 bridgehead atoms. The number of para-hydroxylation sites is 1. The summed E-state index contributed by atoms with van der Waals surface area (Å²) in [4.78, 5) is 0. The summed E-state index contributed by atoms with van der Waals surface area (Å²) in [6.07, 6.45) is 2.17. The molecule has 0 fully saturated rings. The molecule has 1 aliphatic rings. The molecule has 2 aromatic heterocycles. The van der Waals surface area contributed by atoms with Crippen LogP contribution in [0.15, 0.2) is 79.0 Å². The first kappa shape index (κ1) is 18.1. The second kappa shape index (κ2) is 7.79. The first-order valence-corrected chi connectivity index (χ1v) is 9.52. The summed E-state index contributed by atoms with van der Waals surface area (Å²) in [7, 11) is 3.20. The van der Waals surface area contributed by atoms with Crippen LogP contribution < -0.4 is 19.6 Å². The Labute approximate surface area is 165 Å². The number of benzene rings is 2. The van der Waals surface area contributed by atoms with Gasteiger partial charge in [-0.05, 0) is 36.9 Å². The van der Waals surface area contributed by atoms with Crippen LogP contribution in [-0.2, 0) is 13.1 Å². The van der Waals surface area contributed by atoms with E-state index in [4.69, 9.17) is 4.74 Å². The summed E-state index contributed by atoms with van der Waals surface area (Å²) in [5.74, 6) is 0.881. The van der Waals surface area contributed by atoms with Gasteiger partial charge in [0.05, 0.1) is 12.5 Å². The number of hydrogen-bond donors (Lipinski definition) is 1. The van der Waals surface area contributed by atoms with Gasteiger partial charge < -0.3 is 10.5 Å². The minimum absolute atomic E-state index is 0.881. The van der Waals surface area contributed by atoms with E-state index in [1.807, 2.05) is 12.1 Å². The molecule has 28 heavy (non-hydrogen) atoms. The second-order valence-corrected chi connectivity index (χ2v) is 6.62. The number of hydrogen-bond acceptors (Lipinski definition) is 2. The Balaban J connectivity index is 0.000000932. The Morgan fingerprint density at radius 1 is 0.821 bits per heavy atom. The third-order valence-electron chi connectivity index (χ3n) is 5.23. The number of ether oxygens (including phenoxy) is 1. The number of aryl methyl sites for hydroxylation is 2. The van der Waals surface area contributed by atoms with Crippen molar-refractivity contribution in [2.45, 2.75) is 13.1 Å². The molecule has 3 heterocycles. The highest BCUT2D eigenvalue weighted by Gasteiger charge is 2.32. The quantitative estimate of drug-likeness (QED) is 0.549. The van der Waals surface area contributed by atoms with Crippen LogP contribution in [0.25, 0.3) is 33.4 Å². The predicted molar refractivity (Wildman–Crippen MR) is 112 cm³/mol. The molecule has 1 aliphatic heterocycles. The van der Waals surface area contributed by atoms with Crippen molar-refractivity contribution in [3.8, 4) is 28.3 Å². The zero-order valence-electron chi connectivity index (χ0n) is 16.3. The van der Waals surface area contributed by atoms with Crippen LogP contribution in [0.3, 0.4) is 0 Å². The van der Waals surface area contributed by atoms with Crippen LogP contribution in [0.5, 0.6) is 5.75 Å². The van der Waals surface area contributed by atoms with Crippen molar-refractivity contribution < 1.29 is 13.9 Å². The number of methoxy groups -OCH3 is 1. The van der Waals surface area contributed by atoms with Gasteiger partial charge in [-0.3, -0.25) is 0 Å². The van der Waals surface area contributed by atoms with E-state index in [0.29, 0.717) is 0 Å². The maximum absolute atomic E-state index is 5.32. The molecule has 2 N–H and O–H groups in total. The van der Waals surface area contributed by atoms with E-state index in [2.05, 4.69) is 81.7 Å². The molecule has 4 heteroatoms. The molecule has 0 saturated heterocycles. The van der Waals surface area contributed by atoms with Crippen LogP contribution in [-0.4, -0.2) is 14.2 Å². The van der Waals surface area contributed by atoms with Crippen molar-refractivity contribution in [1.29, 1.82) is 0 Å². The highest BCUT2D eigenvalue weighted by atomic mass is 16.5. The molecule has 140 valence electrons. The molecule has 0 atom stereocenters. The Hall–Kier alpha value is -3.24. The van der Waals surface area contributed by atoms with Crippen LogP contribution >= 0.6 is 0 Å². The molecular weight excluding hydrogens is 346 g/mol. The standard InChI is InChI=1S/C23H20N2O.CH5N/c1-26-18-11-9-17(10-12-18)20-16-23-22-8-4-5-13-24(22)14-15-25(23)21-7-3-2-6-19(20)21;1-2/h2-13,16H,14-15H2,1H3;2H2,1H3/q+2;. The molecule has 0 spiro atoms. The zero-order chi connectivity index (χ0) is 19.5. The smallest absolute Gasteiger partial charge is 0.278 e. The molecule has 0 aliphatic carbocycles. The topological polar surface area (TPSA) is 43.0 Å². The average molecular weight is 371 g/mol. The van der Waals surface area contributed by atoms with Crippen molar-refractivity contribution >= 4 is 10.9 Å². The number of fused-ring (bicyclic) bond motifs is 5. The molecular formula is C24H25N3O+2. The average Bonchev–Trinajstić information content (AvgIpc) is 2.79. The highest BCUT2D eigenvalue weighted by molar-refractivity contribution is 5.94. The monoisotopic (exact) mass is 371 g/mol. The Kier molecular flexibility index (Phi) is 5.04. The molecule has 0 saturated carbocycles. The van der Waals surface area contributed by atoms with Gasteiger partial charge in [0.25, 0.3) is 11.4 Å². The molecule has 0 unspecified atom stereocenters. The van der Waals surface area contributed by atoms with Gasteiger partial charge in [0, 0.05) is 29.8 Å². The van der Waals surface area contributed by atoms with E-state index in [1.165, 1.54) is 40.5 Å². The SMILES string of the molecule is CN.COc1ccc(-c2cc3[n+](c4ccccc24)CC[n+]2ccccc2-3)cc1. The largest absolute Gasteiger partial charge is 0.497 e. The van der Waals surface area contributed by atoms with Gasteiger partial charge >= 0.3 is 0 Å². The van der Waals surface area contributed by atoms with Crippen LogP contribution in [0.2, 0.25) is 0 Å². The van der Waals surface area contributed by atoms with Crippen LogP contribution in [0.1, 0.15) is 0 Å². The van der Waals surface area contributed by atoms with E-state index in [9.17, 15) is 0 Å². The van der Waals surface area contributed by atoms with Crippen molar-refractivity contribution in [2.75, 3.05) is 14.2 Å². The summed E-state index contributed by atoms with van der Waals surface area (Å²) >= 11 is 0. The third-order valence-corrected chi connectivity index (χ3v) is 5.23. The number of aromatic nitrogens is 2. The molecule has 0 radical (unpaired) electrons. The van der Waals surface area contributed by atoms with E-state index in [1.54, 1.807) is 7.11 Å². The Morgan fingerprint density at radius 3 is 2.36 bits per heavy atom. The molecule has 4 nitrogen and oxygen atoms in total. The number of nitrogens with zero attached hydrogens (tertiary/aromatic N) is 2. The fraction of sp³-hybridized carbons (Fsp3) is 0.167. The summed E-state index contributed by atoms with van der Waals surface area (Å²) in [6, 6.07) is 25.8. The zero-order valence-corrected chi connectivity index (χ0v) is 16.3. The van der Waals surface area contributed by atoms with Crippen LogP contribution in [0, 0.1) is 0 Å². The van der Waals surface area contributed by atoms with Gasteiger partial charge in [-0.15, -0.1) is 0 Å². The Bertz CT molecular complexity index is 1120. The number of nitrogens with two attached hydrogens (primary N) is 1. The molecule has 2 aromatic carbocycles. The van der Waals surface area contributed by atoms with E-state index in [-0.39, 0.29) is 0 Å². The van der Waals surface area contributed by atoms with Crippen molar-refractivity contribution in [2.24, 2.45) is 5.73 Å². The van der Waals surface area contributed by atoms with Crippen molar-refractivity contribution in [3.63, 3.8) is 0 Å². The summed E-state index contributed by atoms with van der Waals surface area (Å²) in [5, 5.41) is 1.28. The molecule has 0 amide bonds. The minimum Gasteiger partial charge on any atom is -0.497 e. The lowest BCUT2D eigenvalue weighted by Gasteiger charge is -2.14. The third kappa shape index (κ3) is 3.02. The van der Waals surface area contributed by atoms with Crippen molar-refractivity contribution in [3.05, 3.63) is 79.0 Å². The second-order valence-electron chi connectivity index (χ2n) is 6.62. The van der Waals surface area contributed by atoms with E-state index < -0.39 is 0 Å². The first-order valence-electron chi connectivity index (χ1n) is 9.52. The molecule has 5 rings (SSSR count). The maximum atomic E-state index is 5.32. The maximum Gasteiger partial charge on any atom is 0.278 e. The van der Waals surface area contributed by atoms with Gasteiger partial charge in [-0.25, -0.2) is 0 Å². The van der Waals surface area contributed by atoms with Gasteiger partial charge in [-0.2, -0.15) is 9.13 Å². The van der Waals surface area contributed by atoms with Gasteiger partial charge in [0.2, 0.25) is 18.6 Å². The van der Waals surface area contributed by atoms with Crippen LogP contribution in [0.4, 0.5) is 0 Å². The van der Waals surface area contributed by atoms with Gasteiger partial charge in [-0.1, -0.05) is 24.3 Å². The lowest BCUT2D eigenvalue weighted by Crippen LogP contribution is -2.53. The molecule has 4 aromatic rings. The number of pyridine rings is 2. The summed E-state index contributed by atoms with van der Waals surface area (Å²) in [6.45, 7) is 1.99. The summed E-state index contributed by atoms with van der Waals surface area (Å²) in [5.41, 5.74) is 10.8. The van der Waals surface area contributed by atoms with E-state index in [0.717, 1.165) is 18.8 Å². The van der Waals surface area contributed by atoms with Gasteiger partial charge in [0.15, 0.2) is 6.20 Å². The Morgan fingerprint density at radius 2 is 1.57 bits per heavy atom. The summed E-state index contributed by atoms with van der Waals surface area (Å²) < 4.78 is 10.1. The predicted octanol–water partition coefficient (Wildman–Crippen LogP) is 3.35. The highest BCUT2D eigenvalue weighted by Crippen LogP contribution is 2.32. The van der Waals surface area contributed by atoms with E-state index >= 15 is 0 Å². The lowest BCUT2D eigenvalue weighted by atomic mass is 9.98. The minimum atomic E-state index is 0.881. The fourth-order valence-electron chi connectivity index (χ4n) is 3.93. The normalized spacial score (nSPS) is 11.8.